The highest BCUT2D eigenvalue weighted by Gasteiger charge is 2.40. The maximum absolute atomic E-state index is 11.6. The molecule has 2 aromatic carbocycles. The molecule has 0 amide bonds. The van der Waals surface area contributed by atoms with Gasteiger partial charge in [0, 0.05) is 31.9 Å². The number of carbonyl (C=O) groups excluding carboxylic acids is 1. The zero-order chi connectivity index (χ0) is 24.8. The van der Waals surface area contributed by atoms with Crippen LogP contribution in [0.3, 0.4) is 0 Å². The van der Waals surface area contributed by atoms with Crippen LogP contribution in [0.15, 0.2) is 65.4 Å². The first-order valence-electron chi connectivity index (χ1n) is 11.6. The van der Waals surface area contributed by atoms with Crippen molar-refractivity contribution in [3.63, 3.8) is 0 Å². The van der Waals surface area contributed by atoms with E-state index in [1.165, 1.54) is 32.9 Å². The number of fused-ring (bicyclic) bond motifs is 2. The van der Waals surface area contributed by atoms with Gasteiger partial charge in [0.15, 0.2) is 5.71 Å². The van der Waals surface area contributed by atoms with Gasteiger partial charge in [0.05, 0.1) is 5.97 Å². The summed E-state index contributed by atoms with van der Waals surface area (Å²) in [5.41, 5.74) is 14.1. The van der Waals surface area contributed by atoms with Crippen LogP contribution in [0.25, 0.3) is 5.57 Å². The highest BCUT2D eigenvalue weighted by atomic mass is 28.3. The van der Waals surface area contributed by atoms with Crippen LogP contribution in [-0.4, -0.2) is 59.1 Å². The summed E-state index contributed by atoms with van der Waals surface area (Å²) >= 11 is 0. The van der Waals surface area contributed by atoms with E-state index in [9.17, 15) is 9.90 Å². The summed E-state index contributed by atoms with van der Waals surface area (Å²) in [4.78, 5) is 13.7. The van der Waals surface area contributed by atoms with E-state index >= 15 is 0 Å². The Bertz CT molecular complexity index is 1310. The lowest BCUT2D eigenvalue weighted by atomic mass is 9.86. The fourth-order valence-electron chi connectivity index (χ4n) is 5.00. The third-order valence-corrected chi connectivity index (χ3v) is 10.5. The van der Waals surface area contributed by atoms with Crippen LogP contribution in [0.5, 0.6) is 0 Å². The molecule has 0 spiro atoms. The molecule has 2 aliphatic rings. The normalized spacial score (nSPS) is 16.1. The molecule has 5 nitrogen and oxygen atoms in total. The van der Waals surface area contributed by atoms with Gasteiger partial charge in [-0.25, -0.2) is 4.58 Å². The molecule has 1 aliphatic carbocycles. The van der Waals surface area contributed by atoms with Crippen molar-refractivity contribution >= 4 is 36.2 Å². The highest BCUT2D eigenvalue weighted by molar-refractivity contribution is 6.98. The van der Waals surface area contributed by atoms with Crippen LogP contribution in [0.4, 0.5) is 5.69 Å². The Labute approximate surface area is 203 Å². The summed E-state index contributed by atoms with van der Waals surface area (Å²) in [7, 11) is 6.25. The van der Waals surface area contributed by atoms with Gasteiger partial charge in [-0.15, -0.1) is 0 Å². The minimum Gasteiger partial charge on any atom is -0.545 e. The maximum Gasteiger partial charge on any atom is 0.199 e. The second kappa shape index (κ2) is 8.85. The van der Waals surface area contributed by atoms with E-state index < -0.39 is 14.0 Å². The molecule has 0 radical (unpaired) electrons. The van der Waals surface area contributed by atoms with E-state index in [2.05, 4.69) is 87.2 Å². The van der Waals surface area contributed by atoms with Crippen LogP contribution in [0, 0.1) is 0 Å². The second-order valence-electron chi connectivity index (χ2n) is 9.95. The lowest BCUT2D eigenvalue weighted by Gasteiger charge is -2.38. The van der Waals surface area contributed by atoms with Crippen molar-refractivity contribution in [3.8, 4) is 0 Å². The number of hydrogen-bond acceptors (Lipinski definition) is 4. The van der Waals surface area contributed by atoms with Crippen LogP contribution in [0.2, 0.25) is 13.1 Å². The molecule has 34 heavy (non-hydrogen) atoms. The predicted molar refractivity (Wildman–Crippen MR) is 142 cm³/mol. The molecular formula is C28H33N3O2Si. The topological polar surface area (TPSA) is 72.4 Å². The predicted octanol–water partition coefficient (Wildman–Crippen LogP) is 2.10. The molecule has 0 aromatic heterocycles. The van der Waals surface area contributed by atoms with Gasteiger partial charge in [-0.1, -0.05) is 31.3 Å². The SMILES string of the molecule is CN(C)c1ccc2c(c1)[Si](C)(C)C1=CC(=[N+](C)C)C=CC1=C2c1ccc(C(=O)[O-])cc1CCN. The molecule has 0 bridgehead atoms. The van der Waals surface area contributed by atoms with E-state index in [-0.39, 0.29) is 5.56 Å². The number of carbonyl (C=O) groups is 1. The fourth-order valence-corrected chi connectivity index (χ4v) is 8.07. The number of hydrogen-bond donors (Lipinski definition) is 1. The number of nitrogens with two attached hydrogens (primary N) is 1. The average Bonchev–Trinajstić information content (AvgIpc) is 2.79. The van der Waals surface area contributed by atoms with Gasteiger partial charge in [0.25, 0.3) is 0 Å². The van der Waals surface area contributed by atoms with E-state index in [4.69, 9.17) is 5.73 Å². The van der Waals surface area contributed by atoms with Gasteiger partial charge < -0.3 is 20.5 Å². The number of carboxylic acid groups (broad SMARTS) is 1. The molecule has 2 N–H and O–H groups in total. The second-order valence-corrected chi connectivity index (χ2v) is 14.3. The smallest absolute Gasteiger partial charge is 0.199 e. The van der Waals surface area contributed by atoms with Gasteiger partial charge in [0.2, 0.25) is 0 Å². The number of aromatic carboxylic acids is 1. The van der Waals surface area contributed by atoms with Crippen LogP contribution < -0.4 is 20.9 Å². The third-order valence-electron chi connectivity index (χ3n) is 6.95. The molecular weight excluding hydrogens is 438 g/mol. The fraction of sp³-hybridized carbons (Fsp3) is 0.286. The van der Waals surface area contributed by atoms with Crippen molar-refractivity contribution in [2.24, 2.45) is 5.73 Å². The Morgan fingerprint density at radius 2 is 1.76 bits per heavy atom. The first kappa shape index (κ1) is 23.9. The number of allylic oxidation sites excluding steroid dienone is 5. The third kappa shape index (κ3) is 3.97. The van der Waals surface area contributed by atoms with Crippen LogP contribution in [0.1, 0.15) is 27.0 Å². The molecule has 0 fully saturated rings. The largest absolute Gasteiger partial charge is 0.545 e. The quantitative estimate of drug-likeness (QED) is 0.536. The average molecular weight is 472 g/mol. The summed E-state index contributed by atoms with van der Waals surface area (Å²) in [6.45, 7) is 5.27. The van der Waals surface area contributed by atoms with Crippen molar-refractivity contribution in [1.29, 1.82) is 0 Å². The first-order valence-corrected chi connectivity index (χ1v) is 14.6. The molecule has 1 heterocycles. The summed E-state index contributed by atoms with van der Waals surface area (Å²) in [5, 5.41) is 14.4. The minimum atomic E-state index is -2.03. The number of carboxylic acids is 1. The molecule has 0 saturated heterocycles. The van der Waals surface area contributed by atoms with Gasteiger partial charge in [-0.2, -0.15) is 0 Å². The van der Waals surface area contributed by atoms with Crippen molar-refractivity contribution in [1.82, 2.24) is 0 Å². The lowest BCUT2D eigenvalue weighted by Crippen LogP contribution is -2.49. The highest BCUT2D eigenvalue weighted by Crippen LogP contribution is 2.42. The Morgan fingerprint density at radius 3 is 2.38 bits per heavy atom. The summed E-state index contributed by atoms with van der Waals surface area (Å²) in [5.74, 6) is -1.17. The Morgan fingerprint density at radius 1 is 1.06 bits per heavy atom. The van der Waals surface area contributed by atoms with Crippen LogP contribution in [-0.2, 0) is 6.42 Å². The van der Waals surface area contributed by atoms with E-state index in [1.54, 1.807) is 12.1 Å². The Balaban J connectivity index is 2.10. The van der Waals surface area contributed by atoms with Gasteiger partial charge in [-0.05, 0) is 81.0 Å². The minimum absolute atomic E-state index is 0.185. The molecule has 4 rings (SSSR count). The summed E-state index contributed by atoms with van der Waals surface area (Å²) in [6.07, 6.45) is 7.33. The first-order chi connectivity index (χ1) is 16.1. The Kier molecular flexibility index (Phi) is 6.23. The standard InChI is InChI=1S/C28H33N3O2Si/c1-30(2)20-8-11-23-25(16-20)34(5,6)26-17-21(31(3)4)9-12-24(26)27(23)22-10-7-19(28(32)33)15-18(22)13-14-29/h7-12,15-17H,13-14,29H2,1-6H3. The van der Waals surface area contributed by atoms with Gasteiger partial charge >= 0.3 is 0 Å². The van der Waals surface area contributed by atoms with E-state index in [0.717, 1.165) is 16.7 Å². The van der Waals surface area contributed by atoms with Crippen molar-refractivity contribution < 1.29 is 14.5 Å². The molecule has 1 aliphatic heterocycles. The summed E-state index contributed by atoms with van der Waals surface area (Å²) in [6, 6.07) is 12.0. The molecule has 176 valence electrons. The maximum atomic E-state index is 11.6. The summed E-state index contributed by atoms with van der Waals surface area (Å²) < 4.78 is 2.14. The van der Waals surface area contributed by atoms with Crippen LogP contribution >= 0.6 is 0 Å². The number of nitrogens with zero attached hydrogens (tertiary/aromatic N) is 2. The number of benzene rings is 2. The van der Waals surface area contributed by atoms with Gasteiger partial charge in [-0.3, -0.25) is 0 Å². The van der Waals surface area contributed by atoms with Crippen molar-refractivity contribution in [2.75, 3.05) is 39.6 Å². The van der Waals surface area contributed by atoms with Gasteiger partial charge in [0.1, 0.15) is 22.2 Å². The molecule has 6 heteroatoms. The van der Waals surface area contributed by atoms with Crippen molar-refractivity contribution in [2.45, 2.75) is 19.5 Å². The molecule has 0 atom stereocenters. The van der Waals surface area contributed by atoms with Crippen molar-refractivity contribution in [3.05, 3.63) is 87.6 Å². The Hall–Kier alpha value is -3.22. The zero-order valence-electron chi connectivity index (χ0n) is 20.9. The van der Waals surface area contributed by atoms with E-state index in [1.807, 2.05) is 6.07 Å². The number of rotatable bonds is 5. The monoisotopic (exact) mass is 471 g/mol. The lowest BCUT2D eigenvalue weighted by molar-refractivity contribution is -0.462. The van der Waals surface area contributed by atoms with E-state index in [0.29, 0.717) is 13.0 Å². The molecule has 2 aromatic rings. The molecule has 0 saturated carbocycles. The zero-order valence-corrected chi connectivity index (χ0v) is 21.9. The number of anilines is 1. The molecule has 0 unspecified atom stereocenters.